The van der Waals surface area contributed by atoms with Crippen molar-refractivity contribution in [3.63, 3.8) is 0 Å². The number of carbonyl (C=O) groups excluding carboxylic acids is 1. The Morgan fingerprint density at radius 1 is 0.974 bits per heavy atom. The number of nitrogens with one attached hydrogen (secondary N) is 2. The first-order chi connectivity index (χ1) is 17.4. The minimum atomic E-state index is -4.97. The fourth-order valence-corrected chi connectivity index (χ4v) is 4.42. The van der Waals surface area contributed by atoms with Crippen molar-refractivity contribution in [3.05, 3.63) is 54.1 Å². The van der Waals surface area contributed by atoms with Crippen molar-refractivity contribution in [3.8, 4) is 17.2 Å². The van der Waals surface area contributed by atoms with E-state index >= 15 is 0 Å². The van der Waals surface area contributed by atoms with Crippen LogP contribution < -0.4 is 10.6 Å². The number of rotatable bonds is 9. The summed E-state index contributed by atoms with van der Waals surface area (Å²) in [6.07, 6.45) is -9.12. The van der Waals surface area contributed by atoms with Crippen LogP contribution in [0.4, 0.5) is 26.3 Å². The van der Waals surface area contributed by atoms with E-state index in [1.807, 2.05) is 6.07 Å². The summed E-state index contributed by atoms with van der Waals surface area (Å²) in [4.78, 5) is 12.8. The smallest absolute Gasteiger partial charge is 0.336 e. The van der Waals surface area contributed by atoms with E-state index < -0.39 is 58.1 Å². The molecule has 0 spiro atoms. The van der Waals surface area contributed by atoms with E-state index in [2.05, 4.69) is 10.6 Å². The maximum Gasteiger partial charge on any atom is 0.407 e. The van der Waals surface area contributed by atoms with Gasteiger partial charge in [0.05, 0.1) is 22.9 Å². The third kappa shape index (κ3) is 7.26. The molecule has 0 bridgehead atoms. The third-order valence-electron chi connectivity index (χ3n) is 6.35. The molecule has 13 heteroatoms. The monoisotopic (exact) mass is 561 g/mol. The molecule has 1 unspecified atom stereocenters. The van der Waals surface area contributed by atoms with Gasteiger partial charge in [0.25, 0.3) is 0 Å². The molecule has 6 nitrogen and oxygen atoms in total. The highest BCUT2D eigenvalue weighted by atomic mass is 32.2. The Hall–Kier alpha value is -3.11. The molecule has 2 N–H and O–H groups in total. The first kappa shape index (κ1) is 29.4. The highest BCUT2D eigenvalue weighted by molar-refractivity contribution is 7.90. The van der Waals surface area contributed by atoms with Gasteiger partial charge in [-0.15, -0.1) is 0 Å². The number of sulfone groups is 1. The maximum atomic E-state index is 14.1. The minimum absolute atomic E-state index is 0.0704. The molecular formula is C25H25F6N3O3S. The summed E-state index contributed by atoms with van der Waals surface area (Å²) < 4.78 is 105. The number of halogens is 6. The van der Waals surface area contributed by atoms with E-state index in [-0.39, 0.29) is 23.3 Å². The van der Waals surface area contributed by atoms with Crippen LogP contribution in [0, 0.1) is 17.2 Å². The van der Waals surface area contributed by atoms with Crippen molar-refractivity contribution in [2.45, 2.75) is 61.1 Å². The molecule has 0 radical (unpaired) electrons. The summed E-state index contributed by atoms with van der Waals surface area (Å²) in [5.74, 6) is -3.20. The number of nitriles is 1. The molecule has 3 rings (SSSR count). The SMILES string of the molecule is C[C@@H](CC(N[C@@H](c1ccc(-c2ccc(S(C)(=O)=O)cc2)cc1)C(F)(F)F)C(=O)NC1(C#N)CC1)C(F)(F)F. The largest absolute Gasteiger partial charge is 0.407 e. The maximum absolute atomic E-state index is 14.1. The van der Waals surface area contributed by atoms with Crippen LogP contribution in [0.1, 0.15) is 37.8 Å². The van der Waals surface area contributed by atoms with Crippen molar-refractivity contribution in [2.24, 2.45) is 5.92 Å². The number of nitrogens with zero attached hydrogens (tertiary/aromatic N) is 1. The van der Waals surface area contributed by atoms with Gasteiger partial charge in [-0.2, -0.15) is 31.6 Å². The average molecular weight is 562 g/mol. The molecule has 0 aromatic heterocycles. The van der Waals surface area contributed by atoms with Gasteiger partial charge in [-0.05, 0) is 48.1 Å². The number of hydrogen-bond acceptors (Lipinski definition) is 5. The number of alkyl halides is 6. The standard InChI is InChI=1S/C25H25F6N3O3S/c1-15(24(26,27)28)13-20(22(35)34-23(14-32)11-12-23)33-21(25(29,30)31)18-5-3-16(4-6-18)17-7-9-19(10-8-17)38(2,36)37/h3-10,15,20-21,33H,11-13H2,1-2H3,(H,34,35)/t15-,20?,21-/m0/s1. The highest BCUT2D eigenvalue weighted by Gasteiger charge is 2.49. The number of benzene rings is 2. The van der Waals surface area contributed by atoms with Crippen molar-refractivity contribution >= 4 is 15.7 Å². The van der Waals surface area contributed by atoms with E-state index in [0.717, 1.165) is 25.3 Å². The molecule has 0 aliphatic heterocycles. The van der Waals surface area contributed by atoms with E-state index in [0.29, 0.717) is 11.1 Å². The van der Waals surface area contributed by atoms with Crippen LogP contribution in [0.25, 0.3) is 11.1 Å². The van der Waals surface area contributed by atoms with E-state index in [1.165, 1.54) is 36.4 Å². The van der Waals surface area contributed by atoms with Crippen LogP contribution in [0.3, 0.4) is 0 Å². The van der Waals surface area contributed by atoms with Crippen molar-refractivity contribution in [1.82, 2.24) is 10.6 Å². The Labute approximate surface area is 215 Å². The van der Waals surface area contributed by atoms with Crippen LogP contribution >= 0.6 is 0 Å². The van der Waals surface area contributed by atoms with Crippen molar-refractivity contribution in [1.29, 1.82) is 5.26 Å². The summed E-state index contributed by atoms with van der Waals surface area (Å²) in [5.41, 5.74) is -0.615. The summed E-state index contributed by atoms with van der Waals surface area (Å²) in [7, 11) is -3.44. The van der Waals surface area contributed by atoms with Crippen molar-refractivity contribution < 1.29 is 39.6 Å². The van der Waals surface area contributed by atoms with Crippen LogP contribution in [-0.2, 0) is 14.6 Å². The highest BCUT2D eigenvalue weighted by Crippen LogP contribution is 2.38. The lowest BCUT2D eigenvalue weighted by Gasteiger charge is -2.30. The summed E-state index contributed by atoms with van der Waals surface area (Å²) in [5, 5.41) is 13.5. The predicted octanol–water partition coefficient (Wildman–Crippen LogP) is 5.08. The van der Waals surface area contributed by atoms with Gasteiger partial charge in [0.15, 0.2) is 9.84 Å². The quantitative estimate of drug-likeness (QED) is 0.416. The minimum Gasteiger partial charge on any atom is -0.336 e. The Bertz CT molecular complexity index is 1300. The fourth-order valence-electron chi connectivity index (χ4n) is 3.79. The first-order valence-electron chi connectivity index (χ1n) is 11.5. The summed E-state index contributed by atoms with van der Waals surface area (Å²) >= 11 is 0. The molecule has 0 saturated heterocycles. The molecular weight excluding hydrogens is 536 g/mol. The zero-order valence-electron chi connectivity index (χ0n) is 20.3. The molecule has 1 aliphatic carbocycles. The molecule has 2 aromatic carbocycles. The van der Waals surface area contributed by atoms with Crippen LogP contribution in [0.2, 0.25) is 0 Å². The van der Waals surface area contributed by atoms with Gasteiger partial charge in [0, 0.05) is 6.26 Å². The molecule has 1 aliphatic rings. The van der Waals surface area contributed by atoms with Gasteiger partial charge >= 0.3 is 12.4 Å². The zero-order valence-corrected chi connectivity index (χ0v) is 21.1. The molecule has 1 saturated carbocycles. The Morgan fingerprint density at radius 2 is 1.47 bits per heavy atom. The summed E-state index contributed by atoms with van der Waals surface area (Å²) in [6.45, 7) is 0.769. The van der Waals surface area contributed by atoms with Crippen molar-refractivity contribution in [2.75, 3.05) is 6.26 Å². The fraction of sp³-hybridized carbons (Fsp3) is 0.440. The van der Waals surface area contributed by atoms with Gasteiger partial charge in [0.1, 0.15) is 11.6 Å². The number of hydrogen-bond donors (Lipinski definition) is 2. The van der Waals surface area contributed by atoms with Gasteiger partial charge in [-0.1, -0.05) is 43.3 Å². The molecule has 1 amide bonds. The van der Waals surface area contributed by atoms with Crippen LogP contribution in [0.5, 0.6) is 0 Å². The normalized spacial score (nSPS) is 17.7. The molecule has 2 aromatic rings. The topological polar surface area (TPSA) is 99.1 Å². The second-order valence-electron chi connectivity index (χ2n) is 9.47. The number of amides is 1. The molecule has 1 fully saturated rings. The predicted molar refractivity (Wildman–Crippen MR) is 126 cm³/mol. The lowest BCUT2D eigenvalue weighted by atomic mass is 9.96. The lowest BCUT2D eigenvalue weighted by molar-refractivity contribution is -0.177. The Morgan fingerprint density at radius 3 is 1.87 bits per heavy atom. The van der Waals surface area contributed by atoms with Gasteiger partial charge in [0.2, 0.25) is 5.91 Å². The zero-order chi connectivity index (χ0) is 28.5. The number of carbonyl (C=O) groups is 1. The van der Waals surface area contributed by atoms with Crippen LogP contribution in [-0.4, -0.2) is 44.5 Å². The molecule has 206 valence electrons. The van der Waals surface area contributed by atoms with Gasteiger partial charge in [-0.3, -0.25) is 10.1 Å². The first-order valence-corrected chi connectivity index (χ1v) is 13.4. The van der Waals surface area contributed by atoms with Gasteiger partial charge in [-0.25, -0.2) is 8.42 Å². The Kier molecular flexibility index (Phi) is 8.19. The van der Waals surface area contributed by atoms with E-state index in [1.54, 1.807) is 0 Å². The second kappa shape index (κ2) is 10.6. The second-order valence-corrected chi connectivity index (χ2v) is 11.5. The molecule has 0 heterocycles. The van der Waals surface area contributed by atoms with E-state index in [4.69, 9.17) is 0 Å². The molecule has 38 heavy (non-hydrogen) atoms. The third-order valence-corrected chi connectivity index (χ3v) is 7.47. The van der Waals surface area contributed by atoms with Crippen LogP contribution in [0.15, 0.2) is 53.4 Å². The van der Waals surface area contributed by atoms with E-state index in [9.17, 15) is 44.8 Å². The Balaban J connectivity index is 1.88. The lowest BCUT2D eigenvalue weighted by Crippen LogP contribution is -2.52. The average Bonchev–Trinajstić information content (AvgIpc) is 3.59. The van der Waals surface area contributed by atoms with Gasteiger partial charge < -0.3 is 5.32 Å². The summed E-state index contributed by atoms with van der Waals surface area (Å²) in [6, 6.07) is 8.15. The molecule has 3 atom stereocenters.